The number of halogens is 3. The SMILES string of the molecule is OC(CCC1CC1(Cl)Cl)(Cn1cncn1)C1(Cl)CC1. The first kappa shape index (κ1) is 13.9. The normalized spacial score (nSPS) is 29.8. The van der Waals surface area contributed by atoms with E-state index in [2.05, 4.69) is 10.1 Å². The summed E-state index contributed by atoms with van der Waals surface area (Å²) in [7, 11) is 0. The molecule has 0 amide bonds. The van der Waals surface area contributed by atoms with Crippen molar-refractivity contribution in [2.75, 3.05) is 0 Å². The molecule has 106 valence electrons. The van der Waals surface area contributed by atoms with Crippen molar-refractivity contribution < 1.29 is 5.11 Å². The Labute approximate surface area is 127 Å². The van der Waals surface area contributed by atoms with Crippen molar-refractivity contribution in [2.24, 2.45) is 5.92 Å². The van der Waals surface area contributed by atoms with Gasteiger partial charge in [-0.1, -0.05) is 0 Å². The zero-order valence-corrected chi connectivity index (χ0v) is 12.7. The Kier molecular flexibility index (Phi) is 3.29. The molecular weight excluding hydrogens is 309 g/mol. The molecule has 0 spiro atoms. The Bertz CT molecular complexity index is 461. The predicted octanol–water partition coefficient (Wildman–Crippen LogP) is 2.75. The highest BCUT2D eigenvalue weighted by molar-refractivity contribution is 6.50. The van der Waals surface area contributed by atoms with Gasteiger partial charge in [0.05, 0.1) is 11.4 Å². The number of hydrogen-bond donors (Lipinski definition) is 1. The van der Waals surface area contributed by atoms with E-state index < -0.39 is 14.8 Å². The average Bonchev–Trinajstić information content (AvgIpc) is 3.14. The van der Waals surface area contributed by atoms with Gasteiger partial charge in [0.15, 0.2) is 0 Å². The summed E-state index contributed by atoms with van der Waals surface area (Å²) in [5.74, 6) is 0.261. The largest absolute Gasteiger partial charge is 0.386 e. The van der Waals surface area contributed by atoms with Crippen LogP contribution in [0.5, 0.6) is 0 Å². The van der Waals surface area contributed by atoms with Crippen LogP contribution in [0.2, 0.25) is 0 Å². The van der Waals surface area contributed by atoms with Gasteiger partial charge < -0.3 is 5.11 Å². The molecule has 2 saturated carbocycles. The molecule has 1 aromatic heterocycles. The summed E-state index contributed by atoms with van der Waals surface area (Å²) in [5.41, 5.74) is -0.977. The highest BCUT2D eigenvalue weighted by atomic mass is 35.5. The minimum Gasteiger partial charge on any atom is -0.386 e. The van der Waals surface area contributed by atoms with Gasteiger partial charge in [-0.25, -0.2) is 4.98 Å². The highest BCUT2D eigenvalue weighted by Gasteiger charge is 2.59. The molecule has 1 aromatic rings. The Morgan fingerprint density at radius 2 is 2.05 bits per heavy atom. The molecule has 2 unspecified atom stereocenters. The van der Waals surface area contributed by atoms with Gasteiger partial charge in [-0.15, -0.1) is 34.8 Å². The fourth-order valence-corrected chi connectivity index (χ4v) is 3.44. The topological polar surface area (TPSA) is 50.9 Å². The van der Waals surface area contributed by atoms with Crippen molar-refractivity contribution in [3.63, 3.8) is 0 Å². The van der Waals surface area contributed by atoms with Gasteiger partial charge in [-0.2, -0.15) is 5.10 Å². The summed E-state index contributed by atoms with van der Waals surface area (Å²) in [6, 6.07) is 0. The molecule has 0 aliphatic heterocycles. The molecule has 0 bridgehead atoms. The maximum Gasteiger partial charge on any atom is 0.137 e. The molecule has 19 heavy (non-hydrogen) atoms. The minimum absolute atomic E-state index is 0.261. The third-order valence-electron chi connectivity index (χ3n) is 4.28. The fraction of sp³-hybridized carbons (Fsp3) is 0.833. The zero-order valence-electron chi connectivity index (χ0n) is 10.4. The molecule has 2 aliphatic rings. The van der Waals surface area contributed by atoms with E-state index in [0.29, 0.717) is 13.0 Å². The molecule has 0 aromatic carbocycles. The van der Waals surface area contributed by atoms with Crippen LogP contribution in [0.1, 0.15) is 32.1 Å². The van der Waals surface area contributed by atoms with Crippen molar-refractivity contribution >= 4 is 34.8 Å². The van der Waals surface area contributed by atoms with Crippen LogP contribution in [0.15, 0.2) is 12.7 Å². The van der Waals surface area contributed by atoms with Crippen LogP contribution in [0.4, 0.5) is 0 Å². The molecule has 0 radical (unpaired) electrons. The Hall–Kier alpha value is -0.0300. The number of nitrogens with zero attached hydrogens (tertiary/aromatic N) is 3. The van der Waals surface area contributed by atoms with Crippen molar-refractivity contribution in [2.45, 2.75) is 53.5 Å². The summed E-state index contributed by atoms with van der Waals surface area (Å²) >= 11 is 18.5. The van der Waals surface area contributed by atoms with Crippen LogP contribution in [-0.2, 0) is 6.54 Å². The summed E-state index contributed by atoms with van der Waals surface area (Å²) < 4.78 is 1.03. The number of rotatable bonds is 6. The van der Waals surface area contributed by atoms with Crippen LogP contribution in [0.25, 0.3) is 0 Å². The van der Waals surface area contributed by atoms with E-state index in [4.69, 9.17) is 34.8 Å². The molecule has 7 heteroatoms. The average molecular weight is 325 g/mol. The maximum absolute atomic E-state index is 10.9. The third kappa shape index (κ3) is 2.73. The van der Waals surface area contributed by atoms with Crippen molar-refractivity contribution in [3.8, 4) is 0 Å². The lowest BCUT2D eigenvalue weighted by Crippen LogP contribution is -2.45. The Balaban J connectivity index is 1.67. The van der Waals surface area contributed by atoms with E-state index in [0.717, 1.165) is 25.7 Å². The van der Waals surface area contributed by atoms with Crippen LogP contribution >= 0.6 is 34.8 Å². The minimum atomic E-state index is -0.977. The smallest absolute Gasteiger partial charge is 0.137 e. The van der Waals surface area contributed by atoms with Gasteiger partial charge in [0.2, 0.25) is 0 Å². The number of hydrogen-bond acceptors (Lipinski definition) is 3. The molecule has 3 rings (SSSR count). The molecule has 1 N–H and O–H groups in total. The van der Waals surface area contributed by atoms with Crippen LogP contribution in [-0.4, -0.2) is 34.7 Å². The molecule has 2 fully saturated rings. The summed E-state index contributed by atoms with van der Waals surface area (Å²) in [4.78, 5) is 3.36. The van der Waals surface area contributed by atoms with E-state index in [1.54, 1.807) is 11.0 Å². The molecular formula is C12H16Cl3N3O. The third-order valence-corrected chi connectivity index (χ3v) is 5.93. The van der Waals surface area contributed by atoms with E-state index in [9.17, 15) is 5.11 Å². The second-order valence-electron chi connectivity index (χ2n) is 5.79. The van der Waals surface area contributed by atoms with Crippen molar-refractivity contribution in [3.05, 3.63) is 12.7 Å². The lowest BCUT2D eigenvalue weighted by molar-refractivity contribution is -0.00374. The number of aliphatic hydroxyl groups is 1. The monoisotopic (exact) mass is 323 g/mol. The van der Waals surface area contributed by atoms with E-state index in [-0.39, 0.29) is 5.92 Å². The van der Waals surface area contributed by atoms with Gasteiger partial charge in [-0.3, -0.25) is 4.68 Å². The quantitative estimate of drug-likeness (QED) is 0.819. The van der Waals surface area contributed by atoms with E-state index in [1.165, 1.54) is 6.33 Å². The summed E-state index contributed by atoms with van der Waals surface area (Å²) in [6.07, 6.45) is 6.88. The zero-order chi connectivity index (χ0) is 13.7. The first-order chi connectivity index (χ1) is 8.85. The van der Waals surface area contributed by atoms with Crippen LogP contribution in [0.3, 0.4) is 0 Å². The van der Waals surface area contributed by atoms with Crippen molar-refractivity contribution in [1.29, 1.82) is 0 Å². The lowest BCUT2D eigenvalue weighted by atomic mass is 9.90. The van der Waals surface area contributed by atoms with E-state index >= 15 is 0 Å². The molecule has 2 atom stereocenters. The Morgan fingerprint density at radius 1 is 1.37 bits per heavy atom. The number of aromatic nitrogens is 3. The van der Waals surface area contributed by atoms with Gasteiger partial charge >= 0.3 is 0 Å². The highest BCUT2D eigenvalue weighted by Crippen LogP contribution is 2.58. The first-order valence-corrected chi connectivity index (χ1v) is 7.60. The van der Waals surface area contributed by atoms with E-state index in [1.807, 2.05) is 0 Å². The molecule has 1 heterocycles. The van der Waals surface area contributed by atoms with Crippen LogP contribution < -0.4 is 0 Å². The molecule has 2 aliphatic carbocycles. The standard InChI is InChI=1S/C12H16Cl3N3O/c13-10(3-4-10)11(19,6-18-8-16-7-17-18)2-1-9-5-12(9,14)15/h7-9,19H,1-6H2. The van der Waals surface area contributed by atoms with Crippen LogP contribution in [0, 0.1) is 5.92 Å². The van der Waals surface area contributed by atoms with Gasteiger partial charge in [0.25, 0.3) is 0 Å². The molecule has 4 nitrogen and oxygen atoms in total. The second-order valence-corrected chi connectivity index (χ2v) is 8.06. The second kappa shape index (κ2) is 4.48. The van der Waals surface area contributed by atoms with Crippen molar-refractivity contribution in [1.82, 2.24) is 14.8 Å². The van der Waals surface area contributed by atoms with Gasteiger partial charge in [0.1, 0.15) is 22.6 Å². The fourth-order valence-electron chi connectivity index (χ4n) is 2.60. The molecule has 0 saturated heterocycles. The first-order valence-electron chi connectivity index (χ1n) is 6.46. The predicted molar refractivity (Wildman–Crippen MR) is 74.6 cm³/mol. The summed E-state index contributed by atoms with van der Waals surface area (Å²) in [5, 5.41) is 15.0. The van der Waals surface area contributed by atoms with Gasteiger partial charge in [0, 0.05) is 0 Å². The lowest BCUT2D eigenvalue weighted by Gasteiger charge is -2.33. The Morgan fingerprint density at radius 3 is 2.53 bits per heavy atom. The van der Waals surface area contributed by atoms with Gasteiger partial charge in [-0.05, 0) is 38.0 Å². The summed E-state index contributed by atoms with van der Waals surface area (Å²) in [6.45, 7) is 0.362. The maximum atomic E-state index is 10.9. The number of alkyl halides is 3.